The first kappa shape index (κ1) is 11.7. The quantitative estimate of drug-likeness (QED) is 0.659. The summed E-state index contributed by atoms with van der Waals surface area (Å²) in [4.78, 5) is 10.9. The summed E-state index contributed by atoms with van der Waals surface area (Å²) >= 11 is 0. The summed E-state index contributed by atoms with van der Waals surface area (Å²) in [5.41, 5.74) is 1.98. The molecule has 13 heavy (non-hydrogen) atoms. The van der Waals surface area contributed by atoms with Crippen molar-refractivity contribution in [2.24, 2.45) is 0 Å². The van der Waals surface area contributed by atoms with Gasteiger partial charge < -0.3 is 5.32 Å². The van der Waals surface area contributed by atoms with Crippen molar-refractivity contribution in [2.75, 3.05) is 7.05 Å². The van der Waals surface area contributed by atoms with Gasteiger partial charge in [0, 0.05) is 7.05 Å². The smallest absolute Gasteiger partial charge is 0.224 e. The minimum atomic E-state index is -0.00668. The Kier molecular flexibility index (Phi) is 5.60. The van der Waals surface area contributed by atoms with Crippen molar-refractivity contribution < 1.29 is 4.79 Å². The molecule has 2 heteroatoms. The molecule has 0 aliphatic rings. The summed E-state index contributed by atoms with van der Waals surface area (Å²) in [5.74, 6) is -0.00668. The molecule has 0 aromatic heterocycles. The Bertz CT molecular complexity index is 249. The predicted octanol–water partition coefficient (Wildman–Crippen LogP) is 2.20. The molecule has 0 rings (SSSR count). The van der Waals surface area contributed by atoms with E-state index in [0.29, 0.717) is 6.42 Å². The number of rotatable bonds is 4. The minimum absolute atomic E-state index is 0.00668. The lowest BCUT2D eigenvalue weighted by atomic mass is 10.1. The van der Waals surface area contributed by atoms with Gasteiger partial charge in [0.25, 0.3) is 0 Å². The van der Waals surface area contributed by atoms with E-state index in [9.17, 15) is 4.79 Å². The summed E-state index contributed by atoms with van der Waals surface area (Å²) in [6, 6.07) is 0. The highest BCUT2D eigenvalue weighted by Crippen LogP contribution is 2.02. The summed E-state index contributed by atoms with van der Waals surface area (Å²) in [6.07, 6.45) is 6.18. The van der Waals surface area contributed by atoms with E-state index in [0.717, 1.165) is 11.1 Å². The maximum absolute atomic E-state index is 10.9. The first-order chi connectivity index (χ1) is 6.10. The molecule has 1 amide bonds. The van der Waals surface area contributed by atoms with Crippen molar-refractivity contribution in [3.63, 3.8) is 0 Å². The molecule has 0 radical (unpaired) electrons. The summed E-state index contributed by atoms with van der Waals surface area (Å²) < 4.78 is 0. The van der Waals surface area contributed by atoms with Gasteiger partial charge in [0.1, 0.15) is 0 Å². The third kappa shape index (κ3) is 5.91. The van der Waals surface area contributed by atoms with Crippen LogP contribution in [0.5, 0.6) is 0 Å². The number of carbonyl (C=O) groups is 1. The third-order valence-electron chi connectivity index (χ3n) is 1.70. The van der Waals surface area contributed by atoms with Gasteiger partial charge in [-0.05, 0) is 19.4 Å². The lowest BCUT2D eigenvalue weighted by molar-refractivity contribution is -0.119. The monoisotopic (exact) mass is 179 g/mol. The van der Waals surface area contributed by atoms with Crippen molar-refractivity contribution in [1.82, 2.24) is 5.32 Å². The van der Waals surface area contributed by atoms with E-state index in [1.807, 2.05) is 32.1 Å². The highest BCUT2D eigenvalue weighted by Gasteiger charge is 1.97. The van der Waals surface area contributed by atoms with Crippen LogP contribution in [0.1, 0.15) is 20.3 Å². The van der Waals surface area contributed by atoms with Gasteiger partial charge >= 0.3 is 0 Å². The minimum Gasteiger partial charge on any atom is -0.359 e. The average molecular weight is 179 g/mol. The molecule has 0 saturated carbocycles. The van der Waals surface area contributed by atoms with Gasteiger partial charge in [-0.2, -0.15) is 0 Å². The third-order valence-corrected chi connectivity index (χ3v) is 1.70. The summed E-state index contributed by atoms with van der Waals surface area (Å²) in [7, 11) is 1.62. The van der Waals surface area contributed by atoms with Gasteiger partial charge in [0.05, 0.1) is 6.42 Å². The van der Waals surface area contributed by atoms with Crippen molar-refractivity contribution in [3.8, 4) is 0 Å². The predicted molar refractivity (Wildman–Crippen MR) is 56.4 cm³/mol. The van der Waals surface area contributed by atoms with Crippen molar-refractivity contribution in [3.05, 3.63) is 36.0 Å². The average Bonchev–Trinajstić information content (AvgIpc) is 2.13. The Morgan fingerprint density at radius 2 is 2.08 bits per heavy atom. The molecular formula is C11H17NO. The van der Waals surface area contributed by atoms with Crippen LogP contribution >= 0.6 is 0 Å². The van der Waals surface area contributed by atoms with Crippen LogP contribution in [-0.4, -0.2) is 13.0 Å². The van der Waals surface area contributed by atoms with Crippen LogP contribution in [0.3, 0.4) is 0 Å². The molecule has 0 heterocycles. The first-order valence-corrected chi connectivity index (χ1v) is 4.29. The Balaban J connectivity index is 4.02. The van der Waals surface area contributed by atoms with Crippen LogP contribution in [0, 0.1) is 0 Å². The van der Waals surface area contributed by atoms with Crippen molar-refractivity contribution in [1.29, 1.82) is 0 Å². The molecule has 0 aliphatic heterocycles. The van der Waals surface area contributed by atoms with E-state index in [1.54, 1.807) is 7.05 Å². The standard InChI is InChI=1S/C11H17NO/c1-5-9(2)6-7-10(3)8-11(13)12-4/h5-7H,3,8H2,1-2,4H3,(H,12,13). The zero-order chi connectivity index (χ0) is 10.3. The van der Waals surface area contributed by atoms with Gasteiger partial charge in [-0.1, -0.05) is 30.4 Å². The van der Waals surface area contributed by atoms with E-state index in [2.05, 4.69) is 11.9 Å². The van der Waals surface area contributed by atoms with E-state index in [1.165, 1.54) is 0 Å². The zero-order valence-electron chi connectivity index (χ0n) is 8.55. The molecule has 72 valence electrons. The molecule has 2 nitrogen and oxygen atoms in total. The van der Waals surface area contributed by atoms with Gasteiger partial charge in [-0.3, -0.25) is 4.79 Å². The summed E-state index contributed by atoms with van der Waals surface area (Å²) in [5, 5.41) is 2.55. The summed E-state index contributed by atoms with van der Waals surface area (Å²) in [6.45, 7) is 7.75. The molecule has 0 saturated heterocycles. The van der Waals surface area contributed by atoms with Crippen LogP contribution in [-0.2, 0) is 4.79 Å². The molecular weight excluding hydrogens is 162 g/mol. The van der Waals surface area contributed by atoms with E-state index < -0.39 is 0 Å². The molecule has 0 fully saturated rings. The van der Waals surface area contributed by atoms with Crippen LogP contribution in [0.15, 0.2) is 36.0 Å². The lowest BCUT2D eigenvalue weighted by Gasteiger charge is -1.98. The maximum atomic E-state index is 10.9. The largest absolute Gasteiger partial charge is 0.359 e. The SMILES string of the molecule is C=C(C=CC(C)=CC)CC(=O)NC. The fraction of sp³-hybridized carbons (Fsp3) is 0.364. The van der Waals surface area contributed by atoms with Crippen molar-refractivity contribution in [2.45, 2.75) is 20.3 Å². The molecule has 0 spiro atoms. The number of hydrogen-bond donors (Lipinski definition) is 1. The number of nitrogens with one attached hydrogen (secondary N) is 1. The van der Waals surface area contributed by atoms with E-state index >= 15 is 0 Å². The first-order valence-electron chi connectivity index (χ1n) is 4.29. The van der Waals surface area contributed by atoms with Crippen LogP contribution in [0.25, 0.3) is 0 Å². The number of carbonyl (C=O) groups excluding carboxylic acids is 1. The molecule has 0 aromatic carbocycles. The second-order valence-corrected chi connectivity index (χ2v) is 2.87. The van der Waals surface area contributed by atoms with Gasteiger partial charge in [0.2, 0.25) is 5.91 Å². The molecule has 0 bridgehead atoms. The topological polar surface area (TPSA) is 29.1 Å². The van der Waals surface area contributed by atoms with Gasteiger partial charge in [0.15, 0.2) is 0 Å². The van der Waals surface area contributed by atoms with E-state index in [-0.39, 0.29) is 5.91 Å². The van der Waals surface area contributed by atoms with Gasteiger partial charge in [-0.15, -0.1) is 0 Å². The van der Waals surface area contributed by atoms with Crippen LogP contribution < -0.4 is 5.32 Å². The highest BCUT2D eigenvalue weighted by molar-refractivity contribution is 5.78. The molecule has 0 aromatic rings. The highest BCUT2D eigenvalue weighted by atomic mass is 16.1. The fourth-order valence-corrected chi connectivity index (χ4v) is 0.699. The second kappa shape index (κ2) is 6.23. The van der Waals surface area contributed by atoms with E-state index in [4.69, 9.17) is 0 Å². The zero-order valence-corrected chi connectivity index (χ0v) is 8.55. The second-order valence-electron chi connectivity index (χ2n) is 2.87. The van der Waals surface area contributed by atoms with Crippen molar-refractivity contribution >= 4 is 5.91 Å². The Morgan fingerprint density at radius 3 is 2.54 bits per heavy atom. The molecule has 0 atom stereocenters. The Labute approximate surface area is 80.0 Å². The number of hydrogen-bond acceptors (Lipinski definition) is 1. The molecule has 0 unspecified atom stereocenters. The molecule has 1 N–H and O–H groups in total. The normalized spacial score (nSPS) is 11.8. The molecule has 0 aliphatic carbocycles. The number of allylic oxidation sites excluding steroid dienone is 4. The van der Waals surface area contributed by atoms with Gasteiger partial charge in [-0.25, -0.2) is 0 Å². The lowest BCUT2D eigenvalue weighted by Crippen LogP contribution is -2.17. The Morgan fingerprint density at radius 1 is 1.46 bits per heavy atom. The Hall–Kier alpha value is -1.31. The van der Waals surface area contributed by atoms with Crippen LogP contribution in [0.4, 0.5) is 0 Å². The van der Waals surface area contributed by atoms with Crippen LogP contribution in [0.2, 0.25) is 0 Å². The number of amides is 1. The fourth-order valence-electron chi connectivity index (χ4n) is 0.699. The maximum Gasteiger partial charge on any atom is 0.224 e.